The van der Waals surface area contributed by atoms with Crippen molar-refractivity contribution in [3.63, 3.8) is 0 Å². The summed E-state index contributed by atoms with van der Waals surface area (Å²) >= 11 is 0. The normalized spacial score (nSPS) is 11.8. The average molecular weight is 220 g/mol. The molecule has 0 amide bonds. The van der Waals surface area contributed by atoms with Gasteiger partial charge in [0.1, 0.15) is 5.75 Å². The zero-order valence-electron chi connectivity index (χ0n) is 11.2. The molecule has 1 nitrogen and oxygen atoms in total. The van der Waals surface area contributed by atoms with Gasteiger partial charge in [-0.25, -0.2) is 0 Å². The van der Waals surface area contributed by atoms with E-state index in [2.05, 4.69) is 40.7 Å². The van der Waals surface area contributed by atoms with Gasteiger partial charge in [-0.05, 0) is 47.9 Å². The van der Waals surface area contributed by atoms with Crippen molar-refractivity contribution in [2.45, 2.75) is 59.3 Å². The van der Waals surface area contributed by atoms with Crippen LogP contribution in [0.25, 0.3) is 0 Å². The van der Waals surface area contributed by atoms with Crippen molar-refractivity contribution in [3.05, 3.63) is 28.8 Å². The first-order chi connectivity index (χ1) is 7.36. The van der Waals surface area contributed by atoms with E-state index in [9.17, 15) is 5.11 Å². The standard InChI is InChI=1S/C15H24O/c1-6-7-8-12-10-14(16)13(9-11(12)2)15(3,4)5/h9-10,16H,6-8H2,1-5H3. The van der Waals surface area contributed by atoms with E-state index >= 15 is 0 Å². The summed E-state index contributed by atoms with van der Waals surface area (Å²) in [5.41, 5.74) is 3.65. The maximum atomic E-state index is 10.1. The lowest BCUT2D eigenvalue weighted by Crippen LogP contribution is -2.12. The Labute approximate surface area is 99.5 Å². The molecule has 1 rings (SSSR count). The lowest BCUT2D eigenvalue weighted by molar-refractivity contribution is 0.445. The van der Waals surface area contributed by atoms with E-state index in [0.717, 1.165) is 12.0 Å². The minimum atomic E-state index is 0.0120. The molecule has 0 aliphatic rings. The molecule has 0 aliphatic carbocycles. The van der Waals surface area contributed by atoms with Gasteiger partial charge in [-0.2, -0.15) is 0 Å². The second kappa shape index (κ2) is 4.90. The molecule has 16 heavy (non-hydrogen) atoms. The second-order valence-corrected chi connectivity index (χ2v) is 5.65. The van der Waals surface area contributed by atoms with Gasteiger partial charge in [0, 0.05) is 0 Å². The molecule has 0 radical (unpaired) electrons. The molecule has 1 aromatic rings. The maximum Gasteiger partial charge on any atom is 0.119 e. The van der Waals surface area contributed by atoms with Crippen molar-refractivity contribution in [2.24, 2.45) is 0 Å². The van der Waals surface area contributed by atoms with Gasteiger partial charge in [-0.1, -0.05) is 40.2 Å². The summed E-state index contributed by atoms with van der Waals surface area (Å²) in [6.07, 6.45) is 3.46. The Bertz CT molecular complexity index is 358. The first kappa shape index (κ1) is 13.1. The fourth-order valence-corrected chi connectivity index (χ4v) is 1.98. The Hall–Kier alpha value is -0.980. The fraction of sp³-hybridized carbons (Fsp3) is 0.600. The highest BCUT2D eigenvalue weighted by atomic mass is 16.3. The Morgan fingerprint density at radius 3 is 2.31 bits per heavy atom. The number of benzene rings is 1. The molecular formula is C15H24O. The molecule has 0 heterocycles. The number of aryl methyl sites for hydroxylation is 2. The van der Waals surface area contributed by atoms with E-state index in [4.69, 9.17) is 0 Å². The van der Waals surface area contributed by atoms with E-state index in [-0.39, 0.29) is 5.41 Å². The number of aromatic hydroxyl groups is 1. The minimum absolute atomic E-state index is 0.0120. The Balaban J connectivity index is 3.07. The van der Waals surface area contributed by atoms with Crippen LogP contribution in [0.15, 0.2) is 12.1 Å². The van der Waals surface area contributed by atoms with Crippen molar-refractivity contribution in [1.29, 1.82) is 0 Å². The molecular weight excluding hydrogens is 196 g/mol. The lowest BCUT2D eigenvalue weighted by atomic mass is 9.84. The van der Waals surface area contributed by atoms with E-state index in [1.807, 2.05) is 6.07 Å². The van der Waals surface area contributed by atoms with Crippen molar-refractivity contribution >= 4 is 0 Å². The second-order valence-electron chi connectivity index (χ2n) is 5.65. The van der Waals surface area contributed by atoms with Crippen LogP contribution in [0.2, 0.25) is 0 Å². The third-order valence-electron chi connectivity index (χ3n) is 3.06. The summed E-state index contributed by atoms with van der Waals surface area (Å²) in [6.45, 7) is 10.7. The highest BCUT2D eigenvalue weighted by Gasteiger charge is 2.19. The number of rotatable bonds is 3. The topological polar surface area (TPSA) is 20.2 Å². The fourth-order valence-electron chi connectivity index (χ4n) is 1.98. The van der Waals surface area contributed by atoms with Crippen LogP contribution < -0.4 is 0 Å². The van der Waals surface area contributed by atoms with E-state index in [0.29, 0.717) is 5.75 Å². The molecule has 0 bridgehead atoms. The summed E-state index contributed by atoms with van der Waals surface area (Å²) in [4.78, 5) is 0. The van der Waals surface area contributed by atoms with Crippen LogP contribution in [0.5, 0.6) is 5.75 Å². The molecule has 0 saturated heterocycles. The molecule has 0 fully saturated rings. The molecule has 0 aromatic heterocycles. The maximum absolute atomic E-state index is 10.1. The van der Waals surface area contributed by atoms with Gasteiger partial charge < -0.3 is 5.11 Å². The van der Waals surface area contributed by atoms with Gasteiger partial charge in [0.2, 0.25) is 0 Å². The Kier molecular flexibility index (Phi) is 4.01. The van der Waals surface area contributed by atoms with Gasteiger partial charge in [-0.15, -0.1) is 0 Å². The number of hydrogen-bond donors (Lipinski definition) is 1. The zero-order valence-corrected chi connectivity index (χ0v) is 11.2. The monoisotopic (exact) mass is 220 g/mol. The van der Waals surface area contributed by atoms with E-state index in [1.165, 1.54) is 24.0 Å². The predicted octanol–water partition coefficient (Wildman–Crippen LogP) is 4.34. The first-order valence-electron chi connectivity index (χ1n) is 6.19. The third kappa shape index (κ3) is 3.01. The Morgan fingerprint density at radius 2 is 1.81 bits per heavy atom. The van der Waals surface area contributed by atoms with Gasteiger partial charge in [0.25, 0.3) is 0 Å². The predicted molar refractivity (Wildman–Crippen MR) is 70.2 cm³/mol. The summed E-state index contributed by atoms with van der Waals surface area (Å²) in [5.74, 6) is 0.448. The van der Waals surface area contributed by atoms with Crippen LogP contribution in [0, 0.1) is 6.92 Å². The van der Waals surface area contributed by atoms with Crippen LogP contribution in [-0.2, 0) is 11.8 Å². The van der Waals surface area contributed by atoms with Crippen LogP contribution in [0.1, 0.15) is 57.2 Å². The van der Waals surface area contributed by atoms with Gasteiger partial charge in [-0.3, -0.25) is 0 Å². The van der Waals surface area contributed by atoms with E-state index in [1.54, 1.807) is 0 Å². The van der Waals surface area contributed by atoms with E-state index < -0.39 is 0 Å². The molecule has 1 aromatic carbocycles. The summed E-state index contributed by atoms with van der Waals surface area (Å²) < 4.78 is 0. The average Bonchev–Trinajstić information content (AvgIpc) is 2.17. The minimum Gasteiger partial charge on any atom is -0.508 e. The number of phenolic OH excluding ortho intramolecular Hbond substituents is 1. The summed E-state index contributed by atoms with van der Waals surface area (Å²) in [7, 11) is 0. The van der Waals surface area contributed by atoms with Crippen molar-refractivity contribution in [3.8, 4) is 5.75 Å². The van der Waals surface area contributed by atoms with Crippen LogP contribution in [0.3, 0.4) is 0 Å². The molecule has 0 unspecified atom stereocenters. The summed E-state index contributed by atoms with van der Waals surface area (Å²) in [6, 6.07) is 4.09. The SMILES string of the molecule is CCCCc1cc(O)c(C(C)(C)C)cc1C. The largest absolute Gasteiger partial charge is 0.508 e. The van der Waals surface area contributed by atoms with Gasteiger partial charge in [0.15, 0.2) is 0 Å². The lowest BCUT2D eigenvalue weighted by Gasteiger charge is -2.22. The van der Waals surface area contributed by atoms with Gasteiger partial charge in [0.05, 0.1) is 0 Å². The zero-order chi connectivity index (χ0) is 12.3. The molecule has 1 N–H and O–H groups in total. The third-order valence-corrected chi connectivity index (χ3v) is 3.06. The molecule has 0 atom stereocenters. The number of unbranched alkanes of at least 4 members (excludes halogenated alkanes) is 1. The first-order valence-corrected chi connectivity index (χ1v) is 6.19. The summed E-state index contributed by atoms with van der Waals surface area (Å²) in [5, 5.41) is 10.1. The molecule has 1 heteroatoms. The van der Waals surface area contributed by atoms with Crippen molar-refractivity contribution in [1.82, 2.24) is 0 Å². The molecule has 0 saturated carbocycles. The highest BCUT2D eigenvalue weighted by molar-refractivity contribution is 5.44. The van der Waals surface area contributed by atoms with Crippen molar-refractivity contribution in [2.75, 3.05) is 0 Å². The van der Waals surface area contributed by atoms with Crippen LogP contribution in [-0.4, -0.2) is 5.11 Å². The highest BCUT2D eigenvalue weighted by Crippen LogP contribution is 2.33. The quantitative estimate of drug-likeness (QED) is 0.803. The van der Waals surface area contributed by atoms with Crippen LogP contribution >= 0.6 is 0 Å². The Morgan fingerprint density at radius 1 is 1.19 bits per heavy atom. The number of hydrogen-bond acceptors (Lipinski definition) is 1. The molecule has 0 spiro atoms. The number of phenols is 1. The van der Waals surface area contributed by atoms with Crippen LogP contribution in [0.4, 0.5) is 0 Å². The molecule has 0 aliphatic heterocycles. The van der Waals surface area contributed by atoms with Gasteiger partial charge >= 0.3 is 0 Å². The smallest absolute Gasteiger partial charge is 0.119 e. The van der Waals surface area contributed by atoms with Crippen molar-refractivity contribution < 1.29 is 5.11 Å². The molecule has 90 valence electrons.